The summed E-state index contributed by atoms with van der Waals surface area (Å²) in [7, 11) is 0. The van der Waals surface area contributed by atoms with Gasteiger partial charge in [0.25, 0.3) is 0 Å². The number of nitrogens with zero attached hydrogens (tertiary/aromatic N) is 3. The summed E-state index contributed by atoms with van der Waals surface area (Å²) in [5.41, 5.74) is 1.22. The van der Waals surface area contributed by atoms with Gasteiger partial charge in [-0.25, -0.2) is 9.97 Å². The van der Waals surface area contributed by atoms with E-state index in [2.05, 4.69) is 15.3 Å². The molecule has 0 saturated heterocycles. The number of imidazole rings is 1. The zero-order valence-corrected chi connectivity index (χ0v) is 13.5. The largest absolute Gasteiger partial charge is 0.416 e. The molecule has 4 rings (SSSR count). The number of aromatic nitrogens is 3. The van der Waals surface area contributed by atoms with E-state index in [0.717, 1.165) is 28.5 Å². The fourth-order valence-corrected chi connectivity index (χ4v) is 3.68. The van der Waals surface area contributed by atoms with Gasteiger partial charge >= 0.3 is 6.18 Å². The maximum Gasteiger partial charge on any atom is 0.416 e. The van der Waals surface area contributed by atoms with Crippen LogP contribution in [-0.4, -0.2) is 14.4 Å². The first-order chi connectivity index (χ1) is 11.5. The van der Waals surface area contributed by atoms with Gasteiger partial charge in [-0.1, -0.05) is 6.07 Å². The molecule has 0 aliphatic carbocycles. The number of anilines is 2. The standard InChI is InChI=1S/C15H9F3N4S2/c16-15(17,18)9-2-1-3-10(6-9)20-13-21-11(8-24-13)12-7-19-14-22(12)4-5-23-14/h1-8H,(H,20,21). The number of thiazole rings is 2. The van der Waals surface area contributed by atoms with E-state index >= 15 is 0 Å². The van der Waals surface area contributed by atoms with Gasteiger partial charge in [0, 0.05) is 22.6 Å². The number of hydrogen-bond acceptors (Lipinski definition) is 5. The predicted molar refractivity (Wildman–Crippen MR) is 88.9 cm³/mol. The summed E-state index contributed by atoms with van der Waals surface area (Å²) in [5, 5.41) is 7.22. The Morgan fingerprint density at radius 1 is 1.17 bits per heavy atom. The Hall–Kier alpha value is -2.39. The fourth-order valence-electron chi connectivity index (χ4n) is 2.26. The zero-order chi connectivity index (χ0) is 16.7. The minimum atomic E-state index is -4.37. The van der Waals surface area contributed by atoms with Crippen molar-refractivity contribution < 1.29 is 13.2 Å². The summed E-state index contributed by atoms with van der Waals surface area (Å²) in [6, 6.07) is 5.05. The molecule has 4 aromatic rings. The Labute approximate surface area is 142 Å². The Kier molecular flexibility index (Phi) is 3.54. The monoisotopic (exact) mass is 366 g/mol. The molecule has 0 bridgehead atoms. The van der Waals surface area contributed by atoms with E-state index in [-0.39, 0.29) is 0 Å². The lowest BCUT2D eigenvalue weighted by Gasteiger charge is -2.08. The van der Waals surface area contributed by atoms with Crippen LogP contribution in [0.25, 0.3) is 16.3 Å². The molecule has 9 heteroatoms. The molecule has 1 N–H and O–H groups in total. The summed E-state index contributed by atoms with van der Waals surface area (Å²) in [4.78, 5) is 9.59. The Bertz CT molecular complexity index is 999. The van der Waals surface area contributed by atoms with Crippen LogP contribution in [-0.2, 0) is 6.18 Å². The van der Waals surface area contributed by atoms with Crippen molar-refractivity contribution in [2.45, 2.75) is 6.18 Å². The number of hydrogen-bond donors (Lipinski definition) is 1. The van der Waals surface area contributed by atoms with Crippen LogP contribution in [0.5, 0.6) is 0 Å². The molecule has 3 aromatic heterocycles. The van der Waals surface area contributed by atoms with Crippen molar-refractivity contribution in [1.82, 2.24) is 14.4 Å². The lowest BCUT2D eigenvalue weighted by Crippen LogP contribution is -2.05. The third kappa shape index (κ3) is 2.76. The average Bonchev–Trinajstić information content (AvgIpc) is 3.22. The summed E-state index contributed by atoms with van der Waals surface area (Å²) in [5.74, 6) is 0. The molecule has 0 radical (unpaired) electrons. The lowest BCUT2D eigenvalue weighted by molar-refractivity contribution is -0.137. The fraction of sp³-hybridized carbons (Fsp3) is 0.0667. The molecule has 0 amide bonds. The molecule has 0 saturated carbocycles. The van der Waals surface area contributed by atoms with E-state index in [9.17, 15) is 13.2 Å². The number of rotatable bonds is 3. The van der Waals surface area contributed by atoms with Crippen molar-refractivity contribution in [2.75, 3.05) is 5.32 Å². The van der Waals surface area contributed by atoms with Crippen molar-refractivity contribution in [1.29, 1.82) is 0 Å². The SMILES string of the molecule is FC(F)(F)c1cccc(Nc2nc(-c3cnc4sccn34)cs2)c1. The van der Waals surface area contributed by atoms with Gasteiger partial charge in [-0.2, -0.15) is 13.2 Å². The molecule has 4 nitrogen and oxygen atoms in total. The van der Waals surface area contributed by atoms with Gasteiger partial charge in [0.15, 0.2) is 10.1 Å². The molecular weight excluding hydrogens is 357 g/mol. The van der Waals surface area contributed by atoms with E-state index in [1.54, 1.807) is 12.3 Å². The van der Waals surface area contributed by atoms with Gasteiger partial charge < -0.3 is 5.32 Å². The third-order valence-electron chi connectivity index (χ3n) is 3.35. The predicted octanol–water partition coefficient (Wildman–Crippen LogP) is 5.28. The van der Waals surface area contributed by atoms with Crippen molar-refractivity contribution in [3.63, 3.8) is 0 Å². The second-order valence-electron chi connectivity index (χ2n) is 4.94. The van der Waals surface area contributed by atoms with Crippen LogP contribution in [0.3, 0.4) is 0 Å². The highest BCUT2D eigenvalue weighted by atomic mass is 32.1. The zero-order valence-electron chi connectivity index (χ0n) is 11.9. The molecule has 122 valence electrons. The van der Waals surface area contributed by atoms with Crippen LogP contribution in [0.4, 0.5) is 24.0 Å². The molecule has 0 atom stereocenters. The quantitative estimate of drug-likeness (QED) is 0.536. The second-order valence-corrected chi connectivity index (χ2v) is 6.67. The topological polar surface area (TPSA) is 42.2 Å². The number of benzene rings is 1. The molecule has 24 heavy (non-hydrogen) atoms. The van der Waals surface area contributed by atoms with Gasteiger partial charge in [-0.3, -0.25) is 4.40 Å². The summed E-state index contributed by atoms with van der Waals surface area (Å²) in [6.45, 7) is 0. The van der Waals surface area contributed by atoms with Gasteiger partial charge in [-0.15, -0.1) is 22.7 Å². The van der Waals surface area contributed by atoms with Crippen molar-refractivity contribution in [2.24, 2.45) is 0 Å². The van der Waals surface area contributed by atoms with Gasteiger partial charge in [0.2, 0.25) is 0 Å². The molecule has 3 heterocycles. The van der Waals surface area contributed by atoms with Crippen LogP contribution < -0.4 is 5.32 Å². The first-order valence-electron chi connectivity index (χ1n) is 6.81. The Morgan fingerprint density at radius 2 is 2.04 bits per heavy atom. The highest BCUT2D eigenvalue weighted by molar-refractivity contribution is 7.15. The summed E-state index contributed by atoms with van der Waals surface area (Å²) < 4.78 is 40.2. The van der Waals surface area contributed by atoms with Crippen LogP contribution in [0.15, 0.2) is 47.4 Å². The first kappa shape index (κ1) is 15.2. The molecule has 0 aliphatic rings. The Morgan fingerprint density at radius 3 is 2.88 bits per heavy atom. The van der Waals surface area contributed by atoms with Crippen molar-refractivity contribution in [3.8, 4) is 11.4 Å². The smallest absolute Gasteiger partial charge is 0.332 e. The number of halogens is 3. The molecule has 0 spiro atoms. The Balaban J connectivity index is 1.61. The summed E-state index contributed by atoms with van der Waals surface area (Å²) in [6.07, 6.45) is -0.732. The van der Waals surface area contributed by atoms with Crippen molar-refractivity contribution in [3.05, 3.63) is 53.0 Å². The highest BCUT2D eigenvalue weighted by Gasteiger charge is 2.30. The second kappa shape index (κ2) is 5.60. The van der Waals surface area contributed by atoms with Gasteiger partial charge in [0.05, 0.1) is 17.5 Å². The maximum atomic E-state index is 12.8. The first-order valence-corrected chi connectivity index (χ1v) is 8.57. The average molecular weight is 366 g/mol. The lowest BCUT2D eigenvalue weighted by atomic mass is 10.2. The molecule has 0 fully saturated rings. The molecule has 0 unspecified atom stereocenters. The van der Waals surface area contributed by atoms with Crippen LogP contribution >= 0.6 is 22.7 Å². The molecule has 1 aromatic carbocycles. The van der Waals surface area contributed by atoms with E-state index in [1.165, 1.54) is 28.7 Å². The maximum absolute atomic E-state index is 12.8. The number of fused-ring (bicyclic) bond motifs is 1. The van der Waals surface area contributed by atoms with E-state index < -0.39 is 11.7 Å². The van der Waals surface area contributed by atoms with Gasteiger partial charge in [-0.05, 0) is 18.2 Å². The van der Waals surface area contributed by atoms with E-state index in [4.69, 9.17) is 0 Å². The van der Waals surface area contributed by atoms with Crippen LogP contribution in [0, 0.1) is 0 Å². The minimum Gasteiger partial charge on any atom is -0.332 e. The molecular formula is C15H9F3N4S2. The van der Waals surface area contributed by atoms with Crippen molar-refractivity contribution >= 4 is 38.5 Å². The third-order valence-corrected chi connectivity index (χ3v) is 4.88. The minimum absolute atomic E-state index is 0.347. The van der Waals surface area contributed by atoms with Gasteiger partial charge in [0.1, 0.15) is 5.69 Å². The molecule has 0 aliphatic heterocycles. The highest BCUT2D eigenvalue weighted by Crippen LogP contribution is 2.33. The normalized spacial score (nSPS) is 12.0. The van der Waals surface area contributed by atoms with E-state index in [0.29, 0.717) is 10.8 Å². The van der Waals surface area contributed by atoms with Crippen LogP contribution in [0.1, 0.15) is 5.56 Å². The van der Waals surface area contributed by atoms with E-state index in [1.807, 2.05) is 21.4 Å². The summed E-state index contributed by atoms with van der Waals surface area (Å²) >= 11 is 2.85. The van der Waals surface area contributed by atoms with Crippen LogP contribution in [0.2, 0.25) is 0 Å². The number of nitrogens with one attached hydrogen (secondary N) is 1. The number of alkyl halides is 3.